The molecular weight excluding hydrogens is 422 g/mol. The van der Waals surface area contributed by atoms with Crippen LogP contribution >= 0.6 is 11.3 Å². The van der Waals surface area contributed by atoms with Gasteiger partial charge in [0.2, 0.25) is 0 Å². The van der Waals surface area contributed by atoms with Gasteiger partial charge >= 0.3 is 5.97 Å². The first-order valence-electron chi connectivity index (χ1n) is 10.2. The van der Waals surface area contributed by atoms with Crippen molar-refractivity contribution >= 4 is 39.1 Å². The van der Waals surface area contributed by atoms with Crippen molar-refractivity contribution in [2.24, 2.45) is 0 Å². The molecule has 160 valence electrons. The number of carboxylic acid groups (broad SMARTS) is 1. The second kappa shape index (κ2) is 9.24. The Morgan fingerprint density at radius 3 is 2.44 bits per heavy atom. The molecule has 0 amide bonds. The molecule has 0 aliphatic carbocycles. The summed E-state index contributed by atoms with van der Waals surface area (Å²) in [6, 6.07) is 20.2. The number of carboxylic acids is 1. The topological polar surface area (TPSA) is 84.3 Å². The molecule has 3 aromatic carbocycles. The number of benzene rings is 3. The van der Waals surface area contributed by atoms with Crippen LogP contribution in [0.1, 0.15) is 44.6 Å². The fourth-order valence-corrected chi connectivity index (χ4v) is 4.58. The smallest absolute Gasteiger partial charge is 0.335 e. The lowest BCUT2D eigenvalue weighted by atomic mass is 10.0. The van der Waals surface area contributed by atoms with Crippen molar-refractivity contribution in [3.63, 3.8) is 0 Å². The first kappa shape index (κ1) is 21.6. The third-order valence-electron chi connectivity index (χ3n) is 5.25. The highest BCUT2D eigenvalue weighted by molar-refractivity contribution is 7.18. The SMILES string of the molecule is CC(=O)c1cccc(-c2ccc3nc(CC(=O)CCc4cccc(C(=O)O)c4)sc3c2)c1. The number of aryl methyl sites for hydroxylation is 1. The summed E-state index contributed by atoms with van der Waals surface area (Å²) in [5.74, 6) is -0.875. The van der Waals surface area contributed by atoms with Crippen molar-refractivity contribution < 1.29 is 19.5 Å². The van der Waals surface area contributed by atoms with Crippen molar-refractivity contribution in [1.82, 2.24) is 4.98 Å². The highest BCUT2D eigenvalue weighted by Gasteiger charge is 2.12. The predicted octanol–water partition coefficient (Wildman–Crippen LogP) is 5.61. The standard InChI is InChI=1S/C26H21NO4S/c1-16(28)18-5-3-6-19(13-18)20-9-11-23-24(14-20)32-25(27-23)15-22(29)10-8-17-4-2-7-21(12-17)26(30)31/h2-7,9,11-14H,8,10,15H2,1H3,(H,30,31). The van der Waals surface area contributed by atoms with E-state index in [1.165, 1.54) is 11.3 Å². The number of carbonyl (C=O) groups is 3. The van der Waals surface area contributed by atoms with E-state index in [1.54, 1.807) is 31.2 Å². The summed E-state index contributed by atoms with van der Waals surface area (Å²) in [7, 11) is 0. The quantitative estimate of drug-likeness (QED) is 0.358. The number of rotatable bonds is 8. The zero-order chi connectivity index (χ0) is 22.7. The average molecular weight is 444 g/mol. The van der Waals surface area contributed by atoms with Crippen LogP contribution in [-0.4, -0.2) is 27.6 Å². The molecule has 0 unspecified atom stereocenters. The number of aromatic carboxylic acids is 1. The number of carbonyl (C=O) groups excluding carboxylic acids is 2. The fraction of sp³-hybridized carbons (Fsp3) is 0.154. The predicted molar refractivity (Wildman–Crippen MR) is 125 cm³/mol. The van der Waals surface area contributed by atoms with Crippen LogP contribution in [0.2, 0.25) is 0 Å². The molecule has 0 spiro atoms. The normalized spacial score (nSPS) is 10.9. The van der Waals surface area contributed by atoms with Gasteiger partial charge in [-0.15, -0.1) is 11.3 Å². The van der Waals surface area contributed by atoms with Crippen LogP contribution in [0.5, 0.6) is 0 Å². The van der Waals surface area contributed by atoms with Crippen molar-refractivity contribution in [3.05, 3.63) is 88.4 Å². The molecule has 0 fully saturated rings. The number of nitrogens with zero attached hydrogens (tertiary/aromatic N) is 1. The summed E-state index contributed by atoms with van der Waals surface area (Å²) in [4.78, 5) is 39.8. The van der Waals surface area contributed by atoms with Gasteiger partial charge in [0.15, 0.2) is 5.78 Å². The van der Waals surface area contributed by atoms with Crippen LogP contribution in [0, 0.1) is 0 Å². The Labute approximate surface area is 189 Å². The third kappa shape index (κ3) is 4.98. The number of aromatic nitrogens is 1. The van der Waals surface area contributed by atoms with Crippen LogP contribution in [0.25, 0.3) is 21.3 Å². The van der Waals surface area contributed by atoms with Gasteiger partial charge in [0.05, 0.1) is 22.2 Å². The summed E-state index contributed by atoms with van der Waals surface area (Å²) in [6.45, 7) is 1.55. The van der Waals surface area contributed by atoms with Gasteiger partial charge in [0.25, 0.3) is 0 Å². The molecule has 5 nitrogen and oxygen atoms in total. The lowest BCUT2D eigenvalue weighted by Gasteiger charge is -2.03. The van der Waals surface area contributed by atoms with E-state index >= 15 is 0 Å². The lowest BCUT2D eigenvalue weighted by Crippen LogP contribution is -2.05. The van der Waals surface area contributed by atoms with E-state index in [1.807, 2.05) is 42.5 Å². The molecule has 0 saturated carbocycles. The number of Topliss-reactive ketones (excluding diaryl/α,β-unsaturated/α-hetero) is 2. The van der Waals surface area contributed by atoms with Gasteiger partial charge in [0.1, 0.15) is 10.8 Å². The molecule has 32 heavy (non-hydrogen) atoms. The van der Waals surface area contributed by atoms with Crippen LogP contribution in [0.4, 0.5) is 0 Å². The molecular formula is C26H21NO4S. The Hall–Kier alpha value is -3.64. The van der Waals surface area contributed by atoms with Gasteiger partial charge in [-0.3, -0.25) is 9.59 Å². The summed E-state index contributed by atoms with van der Waals surface area (Å²) in [5, 5.41) is 9.85. The third-order valence-corrected chi connectivity index (χ3v) is 6.27. The Bertz CT molecular complexity index is 1340. The minimum Gasteiger partial charge on any atom is -0.478 e. The number of fused-ring (bicyclic) bond motifs is 1. The van der Waals surface area contributed by atoms with Crippen molar-refractivity contribution in [2.75, 3.05) is 0 Å². The van der Waals surface area contributed by atoms with E-state index in [2.05, 4.69) is 4.98 Å². The van der Waals surface area contributed by atoms with Crippen LogP contribution in [0.3, 0.4) is 0 Å². The Morgan fingerprint density at radius 1 is 0.906 bits per heavy atom. The molecule has 4 rings (SSSR count). The van der Waals surface area contributed by atoms with E-state index in [4.69, 9.17) is 5.11 Å². The molecule has 0 atom stereocenters. The van der Waals surface area contributed by atoms with Gasteiger partial charge in [-0.05, 0) is 60.4 Å². The number of hydrogen-bond donors (Lipinski definition) is 1. The summed E-state index contributed by atoms with van der Waals surface area (Å²) >= 11 is 1.50. The summed E-state index contributed by atoms with van der Waals surface area (Å²) in [5.41, 5.74) is 4.55. The fourth-order valence-electron chi connectivity index (χ4n) is 3.55. The van der Waals surface area contributed by atoms with E-state index in [0.717, 1.165) is 31.9 Å². The molecule has 1 aromatic heterocycles. The molecule has 4 aromatic rings. The molecule has 0 saturated heterocycles. The van der Waals surface area contributed by atoms with E-state index in [-0.39, 0.29) is 23.6 Å². The number of ketones is 2. The minimum atomic E-state index is -0.972. The second-order valence-corrected chi connectivity index (χ2v) is 8.76. The molecule has 0 aliphatic rings. The second-order valence-electron chi connectivity index (χ2n) is 7.65. The van der Waals surface area contributed by atoms with Crippen LogP contribution in [0.15, 0.2) is 66.7 Å². The Kier molecular flexibility index (Phi) is 6.23. The maximum Gasteiger partial charge on any atom is 0.335 e. The zero-order valence-electron chi connectivity index (χ0n) is 17.5. The molecule has 1 N–H and O–H groups in total. The monoisotopic (exact) mass is 443 g/mol. The minimum absolute atomic E-state index is 0.0289. The number of thiazole rings is 1. The molecule has 0 radical (unpaired) electrons. The molecule has 1 heterocycles. The van der Waals surface area contributed by atoms with Gasteiger partial charge < -0.3 is 5.11 Å². The Balaban J connectivity index is 1.45. The van der Waals surface area contributed by atoms with Crippen molar-refractivity contribution in [1.29, 1.82) is 0 Å². The van der Waals surface area contributed by atoms with Gasteiger partial charge in [-0.2, -0.15) is 0 Å². The summed E-state index contributed by atoms with van der Waals surface area (Å²) < 4.78 is 0.993. The zero-order valence-corrected chi connectivity index (χ0v) is 18.3. The lowest BCUT2D eigenvalue weighted by molar-refractivity contribution is -0.118. The maximum absolute atomic E-state index is 12.5. The molecule has 0 bridgehead atoms. The van der Waals surface area contributed by atoms with E-state index < -0.39 is 5.97 Å². The van der Waals surface area contributed by atoms with Crippen molar-refractivity contribution in [3.8, 4) is 11.1 Å². The maximum atomic E-state index is 12.5. The summed E-state index contributed by atoms with van der Waals surface area (Å²) in [6.07, 6.45) is 1.09. The number of hydrogen-bond acceptors (Lipinski definition) is 5. The van der Waals surface area contributed by atoms with Crippen LogP contribution in [-0.2, 0) is 17.6 Å². The van der Waals surface area contributed by atoms with Crippen molar-refractivity contribution in [2.45, 2.75) is 26.2 Å². The van der Waals surface area contributed by atoms with Gasteiger partial charge in [0, 0.05) is 12.0 Å². The highest BCUT2D eigenvalue weighted by atomic mass is 32.1. The first-order valence-corrected chi connectivity index (χ1v) is 11.1. The van der Waals surface area contributed by atoms with Gasteiger partial charge in [-0.25, -0.2) is 9.78 Å². The Morgan fingerprint density at radius 2 is 1.66 bits per heavy atom. The molecule has 6 heteroatoms. The molecule has 0 aliphatic heterocycles. The highest BCUT2D eigenvalue weighted by Crippen LogP contribution is 2.29. The van der Waals surface area contributed by atoms with E-state index in [9.17, 15) is 14.4 Å². The largest absolute Gasteiger partial charge is 0.478 e. The van der Waals surface area contributed by atoms with Crippen LogP contribution < -0.4 is 0 Å². The first-order chi connectivity index (χ1) is 15.4. The van der Waals surface area contributed by atoms with Gasteiger partial charge in [-0.1, -0.05) is 36.4 Å². The van der Waals surface area contributed by atoms with E-state index in [0.29, 0.717) is 18.4 Å². The average Bonchev–Trinajstić information content (AvgIpc) is 3.19.